The summed E-state index contributed by atoms with van der Waals surface area (Å²) in [6.45, 7) is 0. The van der Waals surface area contributed by atoms with Crippen LogP contribution in [0.2, 0.25) is 0 Å². The van der Waals surface area contributed by atoms with Gasteiger partial charge in [-0.05, 0) is 6.07 Å². The monoisotopic (exact) mass is 277 g/mol. The molecule has 2 rings (SSSR count). The van der Waals surface area contributed by atoms with Gasteiger partial charge in [-0.1, -0.05) is 17.3 Å². The molecule has 0 aliphatic carbocycles. The number of para-hydroxylation sites is 2. The molecule has 0 saturated heterocycles. The summed E-state index contributed by atoms with van der Waals surface area (Å²) in [5.41, 5.74) is 5.75. The molecule has 12 heavy (non-hydrogen) atoms. The Morgan fingerprint density at radius 1 is 1.33 bits per heavy atom. The van der Waals surface area contributed by atoms with Crippen LogP contribution in [-0.2, 0) is 0 Å². The van der Waals surface area contributed by atoms with Crippen LogP contribution < -0.4 is 34.4 Å². The number of fused-ring (bicyclic) bond motifs is 1. The number of benzene rings is 1. The summed E-state index contributed by atoms with van der Waals surface area (Å²) in [5, 5.41) is 3.31. The Hall–Kier alpha value is -0.330. The number of anilines is 1. The maximum atomic E-state index is 3.24. The Morgan fingerprint density at radius 2 is 2.00 bits per heavy atom. The van der Waals surface area contributed by atoms with E-state index in [1.54, 1.807) is 0 Å². The number of halogens is 1. The lowest BCUT2D eigenvalue weighted by Gasteiger charge is -2.12. The van der Waals surface area contributed by atoms with E-state index in [-0.39, 0.29) is 24.0 Å². The Morgan fingerprint density at radius 3 is 2.67 bits per heavy atom. The van der Waals surface area contributed by atoms with Crippen LogP contribution in [0.5, 0.6) is 0 Å². The molecule has 1 aromatic rings. The zero-order chi connectivity index (χ0) is 7.84. The molecule has 66 valence electrons. The van der Waals surface area contributed by atoms with Crippen molar-refractivity contribution < 1.29 is 29.0 Å². The van der Waals surface area contributed by atoms with Crippen molar-refractivity contribution in [2.75, 3.05) is 19.5 Å². The molecule has 0 spiro atoms. The first-order chi connectivity index (χ1) is 5.29. The fourth-order valence-corrected chi connectivity index (χ4v) is 1.34. The summed E-state index contributed by atoms with van der Waals surface area (Å²) in [6.07, 6.45) is 0. The van der Waals surface area contributed by atoms with Gasteiger partial charge in [0.05, 0.1) is 14.1 Å². The van der Waals surface area contributed by atoms with Crippen molar-refractivity contribution in [1.29, 1.82) is 0 Å². The SMILES string of the molecule is CN1Nc2ccccc2[NH+]1C.[I-]. The van der Waals surface area contributed by atoms with Crippen LogP contribution in [0, 0.1) is 0 Å². The van der Waals surface area contributed by atoms with Crippen molar-refractivity contribution in [2.24, 2.45) is 0 Å². The summed E-state index contributed by atoms with van der Waals surface area (Å²) in [6, 6.07) is 8.31. The minimum atomic E-state index is 0. The lowest BCUT2D eigenvalue weighted by atomic mass is 10.3. The van der Waals surface area contributed by atoms with Crippen molar-refractivity contribution >= 4 is 11.4 Å². The minimum Gasteiger partial charge on any atom is -1.00 e. The molecule has 4 heteroatoms. The molecular weight excluding hydrogens is 265 g/mol. The van der Waals surface area contributed by atoms with Crippen molar-refractivity contribution in [2.45, 2.75) is 0 Å². The van der Waals surface area contributed by atoms with E-state index in [0.717, 1.165) is 0 Å². The highest BCUT2D eigenvalue weighted by Crippen LogP contribution is 2.20. The van der Waals surface area contributed by atoms with Gasteiger partial charge in [0.15, 0.2) is 5.69 Å². The largest absolute Gasteiger partial charge is 1.00 e. The topological polar surface area (TPSA) is 19.7 Å². The summed E-state index contributed by atoms with van der Waals surface area (Å²) < 4.78 is 0. The van der Waals surface area contributed by atoms with Crippen molar-refractivity contribution in [3.8, 4) is 0 Å². The fourth-order valence-electron chi connectivity index (χ4n) is 1.34. The van der Waals surface area contributed by atoms with E-state index in [2.05, 4.69) is 30.7 Å². The molecule has 0 bridgehead atoms. The molecule has 1 aromatic carbocycles. The van der Waals surface area contributed by atoms with Crippen molar-refractivity contribution in [3.05, 3.63) is 24.3 Å². The minimum absolute atomic E-state index is 0. The Bertz CT molecular complexity index is 277. The third-order valence-electron chi connectivity index (χ3n) is 2.11. The van der Waals surface area contributed by atoms with Gasteiger partial charge in [-0.2, -0.15) is 0 Å². The highest BCUT2D eigenvalue weighted by Gasteiger charge is 2.24. The second kappa shape index (κ2) is 3.59. The highest BCUT2D eigenvalue weighted by atomic mass is 127. The number of nitrogens with zero attached hydrogens (tertiary/aromatic N) is 1. The van der Waals surface area contributed by atoms with Gasteiger partial charge in [0.25, 0.3) is 0 Å². The maximum Gasteiger partial charge on any atom is 0.176 e. The maximum absolute atomic E-state index is 3.24. The Balaban J connectivity index is 0.000000720. The Kier molecular flexibility index (Phi) is 2.92. The van der Waals surface area contributed by atoms with Crippen LogP contribution in [0.3, 0.4) is 0 Å². The number of rotatable bonds is 0. The zero-order valence-electron chi connectivity index (χ0n) is 7.13. The Labute approximate surface area is 89.3 Å². The van der Waals surface area contributed by atoms with Gasteiger partial charge in [0, 0.05) is 6.07 Å². The van der Waals surface area contributed by atoms with E-state index in [1.807, 2.05) is 18.2 Å². The van der Waals surface area contributed by atoms with Gasteiger partial charge in [-0.25, -0.2) is 5.01 Å². The zero-order valence-corrected chi connectivity index (χ0v) is 9.29. The number of nitrogens with one attached hydrogen (secondary N) is 2. The van der Waals surface area contributed by atoms with Crippen LogP contribution >= 0.6 is 0 Å². The summed E-state index contributed by atoms with van der Waals surface area (Å²) in [4.78, 5) is 0. The van der Waals surface area contributed by atoms with E-state index in [9.17, 15) is 0 Å². The first-order valence-corrected chi connectivity index (χ1v) is 3.72. The van der Waals surface area contributed by atoms with Gasteiger partial charge in [-0.15, -0.1) is 0 Å². The predicted molar refractivity (Wildman–Crippen MR) is 44.4 cm³/mol. The number of hydrogen-bond donors (Lipinski definition) is 2. The van der Waals surface area contributed by atoms with Crippen molar-refractivity contribution in [3.63, 3.8) is 0 Å². The predicted octanol–water partition coefficient (Wildman–Crippen LogP) is -2.98. The van der Waals surface area contributed by atoms with E-state index < -0.39 is 0 Å². The second-order valence-corrected chi connectivity index (χ2v) is 2.80. The molecule has 0 amide bonds. The first-order valence-electron chi connectivity index (χ1n) is 3.72. The molecule has 2 N–H and O–H groups in total. The van der Waals surface area contributed by atoms with Crippen molar-refractivity contribution in [1.82, 2.24) is 5.12 Å². The molecule has 3 nitrogen and oxygen atoms in total. The number of hydrogen-bond acceptors (Lipinski definition) is 2. The van der Waals surface area contributed by atoms with Crippen LogP contribution in [0.1, 0.15) is 0 Å². The third kappa shape index (κ3) is 1.41. The molecule has 0 radical (unpaired) electrons. The molecule has 0 fully saturated rings. The van der Waals surface area contributed by atoms with Gasteiger partial charge in [-0.3, -0.25) is 5.43 Å². The summed E-state index contributed by atoms with van der Waals surface area (Å²) in [5.74, 6) is 0. The lowest BCUT2D eigenvalue weighted by Crippen LogP contribution is -3.09. The van der Waals surface area contributed by atoms with Gasteiger partial charge in [0.1, 0.15) is 5.69 Å². The molecule has 0 saturated carbocycles. The standard InChI is InChI=1S/C8H11N3.HI/c1-10-8-6-4-3-5-7(8)9-11(10)2;/h3-6,9H,1-2H3;1H. The first kappa shape index (κ1) is 9.76. The molecule has 0 aromatic heterocycles. The van der Waals surface area contributed by atoms with Crippen LogP contribution in [0.4, 0.5) is 11.4 Å². The van der Waals surface area contributed by atoms with E-state index in [1.165, 1.54) is 16.4 Å². The smallest absolute Gasteiger partial charge is 0.176 e. The summed E-state index contributed by atoms with van der Waals surface area (Å²) in [7, 11) is 4.13. The van der Waals surface area contributed by atoms with E-state index in [4.69, 9.17) is 0 Å². The second-order valence-electron chi connectivity index (χ2n) is 2.80. The third-order valence-corrected chi connectivity index (χ3v) is 2.11. The molecule has 1 atom stereocenters. The molecular formula is C8H12IN3. The van der Waals surface area contributed by atoms with Gasteiger partial charge < -0.3 is 24.0 Å². The van der Waals surface area contributed by atoms with E-state index >= 15 is 0 Å². The summed E-state index contributed by atoms with van der Waals surface area (Å²) >= 11 is 0. The van der Waals surface area contributed by atoms with Gasteiger partial charge >= 0.3 is 0 Å². The average molecular weight is 277 g/mol. The van der Waals surface area contributed by atoms with Crippen LogP contribution in [0.15, 0.2) is 24.3 Å². The highest BCUT2D eigenvalue weighted by molar-refractivity contribution is 5.61. The van der Waals surface area contributed by atoms with Crippen LogP contribution in [-0.4, -0.2) is 19.2 Å². The average Bonchev–Trinajstić information content (AvgIpc) is 2.30. The fraction of sp³-hybridized carbons (Fsp3) is 0.250. The number of hydrazine groups is 1. The number of quaternary nitrogens is 1. The quantitative estimate of drug-likeness (QED) is 0.494. The van der Waals surface area contributed by atoms with Gasteiger partial charge in [0.2, 0.25) is 0 Å². The molecule has 1 aliphatic rings. The molecule has 1 unspecified atom stereocenters. The lowest BCUT2D eigenvalue weighted by molar-refractivity contribution is -0.926. The van der Waals surface area contributed by atoms with Crippen LogP contribution in [0.25, 0.3) is 0 Å². The molecule has 1 heterocycles. The normalized spacial score (nSPS) is 21.0. The van der Waals surface area contributed by atoms with E-state index in [0.29, 0.717) is 0 Å². The molecule has 1 aliphatic heterocycles.